The van der Waals surface area contributed by atoms with Crippen LogP contribution in [0, 0.1) is 11.8 Å². The number of carbonyl (C=O) groups is 1. The van der Waals surface area contributed by atoms with Crippen molar-refractivity contribution in [2.45, 2.75) is 33.1 Å². The first kappa shape index (κ1) is 17.4. The van der Waals surface area contributed by atoms with Crippen molar-refractivity contribution in [3.63, 3.8) is 0 Å². The molecule has 0 spiro atoms. The number of amides is 1. The SMILES string of the molecule is CNCC1CCN(C(=O)CCS(=O)(=O)CC(C)C)CC1. The molecule has 0 radical (unpaired) electrons. The summed E-state index contributed by atoms with van der Waals surface area (Å²) in [5.41, 5.74) is 0. The van der Waals surface area contributed by atoms with E-state index in [2.05, 4.69) is 5.32 Å². The highest BCUT2D eigenvalue weighted by Crippen LogP contribution is 2.17. The molecule has 1 fully saturated rings. The normalized spacial score (nSPS) is 17.7. The lowest BCUT2D eigenvalue weighted by molar-refractivity contribution is -0.132. The van der Waals surface area contributed by atoms with Gasteiger partial charge in [-0.25, -0.2) is 8.42 Å². The van der Waals surface area contributed by atoms with Gasteiger partial charge in [0.2, 0.25) is 5.91 Å². The quantitative estimate of drug-likeness (QED) is 0.759. The average Bonchev–Trinajstić information content (AvgIpc) is 2.36. The highest BCUT2D eigenvalue weighted by molar-refractivity contribution is 7.91. The van der Waals surface area contributed by atoms with Gasteiger partial charge in [0.05, 0.1) is 11.5 Å². The maximum atomic E-state index is 12.0. The number of nitrogens with zero attached hydrogens (tertiary/aromatic N) is 1. The summed E-state index contributed by atoms with van der Waals surface area (Å²) in [5.74, 6) is 0.895. The zero-order valence-corrected chi connectivity index (χ0v) is 13.7. The second-order valence-corrected chi connectivity index (χ2v) is 8.37. The topological polar surface area (TPSA) is 66.5 Å². The van der Waals surface area contributed by atoms with E-state index < -0.39 is 9.84 Å². The number of rotatable bonds is 7. The van der Waals surface area contributed by atoms with Gasteiger partial charge in [-0.05, 0) is 38.3 Å². The molecule has 0 bridgehead atoms. The molecule has 1 N–H and O–H groups in total. The predicted molar refractivity (Wildman–Crippen MR) is 81.3 cm³/mol. The molecule has 118 valence electrons. The first-order valence-electron chi connectivity index (χ1n) is 7.47. The van der Waals surface area contributed by atoms with E-state index >= 15 is 0 Å². The zero-order chi connectivity index (χ0) is 15.2. The molecule has 6 heteroatoms. The molecule has 20 heavy (non-hydrogen) atoms. The lowest BCUT2D eigenvalue weighted by Gasteiger charge is -2.32. The van der Waals surface area contributed by atoms with Crippen molar-refractivity contribution in [1.29, 1.82) is 0 Å². The maximum Gasteiger partial charge on any atom is 0.223 e. The van der Waals surface area contributed by atoms with Crippen molar-refractivity contribution in [3.05, 3.63) is 0 Å². The van der Waals surface area contributed by atoms with E-state index in [1.807, 2.05) is 25.8 Å². The van der Waals surface area contributed by atoms with Crippen LogP contribution in [-0.2, 0) is 14.6 Å². The van der Waals surface area contributed by atoms with Crippen LogP contribution in [0.1, 0.15) is 33.1 Å². The fraction of sp³-hybridized carbons (Fsp3) is 0.929. The van der Waals surface area contributed by atoms with E-state index in [9.17, 15) is 13.2 Å². The molecule has 1 aliphatic rings. The maximum absolute atomic E-state index is 12.0. The minimum atomic E-state index is -3.09. The van der Waals surface area contributed by atoms with Crippen LogP contribution in [0.2, 0.25) is 0 Å². The van der Waals surface area contributed by atoms with E-state index in [-0.39, 0.29) is 29.8 Å². The first-order chi connectivity index (χ1) is 9.34. The lowest BCUT2D eigenvalue weighted by atomic mass is 9.97. The van der Waals surface area contributed by atoms with Gasteiger partial charge < -0.3 is 10.2 Å². The summed E-state index contributed by atoms with van der Waals surface area (Å²) in [6.07, 6.45) is 2.14. The second-order valence-electron chi connectivity index (χ2n) is 6.14. The van der Waals surface area contributed by atoms with E-state index in [1.165, 1.54) is 0 Å². The molecule has 1 aliphatic heterocycles. The van der Waals surface area contributed by atoms with Crippen LogP contribution in [0.25, 0.3) is 0 Å². The standard InChI is InChI=1S/C14H28N2O3S/c1-12(2)11-20(18,19)9-6-14(17)16-7-4-13(5-8-16)10-15-3/h12-13,15H,4-11H2,1-3H3. The van der Waals surface area contributed by atoms with Crippen molar-refractivity contribution in [3.8, 4) is 0 Å². The number of hydrogen-bond acceptors (Lipinski definition) is 4. The summed E-state index contributed by atoms with van der Waals surface area (Å²) in [6, 6.07) is 0. The summed E-state index contributed by atoms with van der Waals surface area (Å²) in [6.45, 7) is 6.27. The largest absolute Gasteiger partial charge is 0.343 e. The molecular formula is C14H28N2O3S. The van der Waals surface area contributed by atoms with Crippen molar-refractivity contribution in [2.75, 3.05) is 38.2 Å². The molecule has 0 aromatic carbocycles. The third-order valence-corrected chi connectivity index (χ3v) is 5.67. The van der Waals surface area contributed by atoms with E-state index in [4.69, 9.17) is 0 Å². The Balaban J connectivity index is 2.34. The van der Waals surface area contributed by atoms with Crippen molar-refractivity contribution in [2.24, 2.45) is 11.8 Å². The third-order valence-electron chi connectivity index (χ3n) is 3.67. The molecule has 1 saturated heterocycles. The molecular weight excluding hydrogens is 276 g/mol. The highest BCUT2D eigenvalue weighted by atomic mass is 32.2. The summed E-state index contributed by atoms with van der Waals surface area (Å²) < 4.78 is 23.6. The fourth-order valence-corrected chi connectivity index (χ4v) is 4.34. The van der Waals surface area contributed by atoms with Gasteiger partial charge in [-0.2, -0.15) is 0 Å². The Morgan fingerprint density at radius 1 is 1.30 bits per heavy atom. The van der Waals surface area contributed by atoms with Gasteiger partial charge in [0.1, 0.15) is 0 Å². The Morgan fingerprint density at radius 2 is 1.90 bits per heavy atom. The van der Waals surface area contributed by atoms with Gasteiger partial charge in [-0.15, -0.1) is 0 Å². The Morgan fingerprint density at radius 3 is 2.40 bits per heavy atom. The monoisotopic (exact) mass is 304 g/mol. The van der Waals surface area contributed by atoms with Crippen LogP contribution >= 0.6 is 0 Å². The van der Waals surface area contributed by atoms with Crippen LogP contribution in [0.3, 0.4) is 0 Å². The van der Waals surface area contributed by atoms with Crippen molar-refractivity contribution < 1.29 is 13.2 Å². The fourth-order valence-electron chi connectivity index (χ4n) is 2.67. The number of carbonyl (C=O) groups excluding carboxylic acids is 1. The average molecular weight is 304 g/mol. The molecule has 1 heterocycles. The van der Waals surface area contributed by atoms with Crippen LogP contribution in [0.15, 0.2) is 0 Å². The molecule has 0 aromatic rings. The van der Waals surface area contributed by atoms with E-state index in [0.717, 1.165) is 32.5 Å². The van der Waals surface area contributed by atoms with Gasteiger partial charge in [0.25, 0.3) is 0 Å². The first-order valence-corrected chi connectivity index (χ1v) is 9.29. The van der Waals surface area contributed by atoms with Crippen LogP contribution < -0.4 is 5.32 Å². The predicted octanol–water partition coefficient (Wildman–Crippen LogP) is 0.905. The summed E-state index contributed by atoms with van der Waals surface area (Å²) >= 11 is 0. The Bertz CT molecular complexity index is 399. The summed E-state index contributed by atoms with van der Waals surface area (Å²) in [5, 5.41) is 3.16. The Kier molecular flexibility index (Phi) is 6.95. The number of hydrogen-bond donors (Lipinski definition) is 1. The molecule has 0 atom stereocenters. The number of piperidine rings is 1. The molecule has 1 rings (SSSR count). The van der Waals surface area contributed by atoms with Gasteiger partial charge in [-0.1, -0.05) is 13.8 Å². The van der Waals surface area contributed by atoms with Crippen LogP contribution in [0.5, 0.6) is 0 Å². The number of sulfone groups is 1. The van der Waals surface area contributed by atoms with Crippen LogP contribution in [0.4, 0.5) is 0 Å². The van der Waals surface area contributed by atoms with Crippen LogP contribution in [-0.4, -0.2) is 57.4 Å². The van der Waals surface area contributed by atoms with Gasteiger partial charge in [0, 0.05) is 19.5 Å². The zero-order valence-electron chi connectivity index (χ0n) is 12.9. The van der Waals surface area contributed by atoms with Gasteiger partial charge in [-0.3, -0.25) is 4.79 Å². The third kappa shape index (κ3) is 6.22. The van der Waals surface area contributed by atoms with E-state index in [0.29, 0.717) is 5.92 Å². The lowest BCUT2D eigenvalue weighted by Crippen LogP contribution is -2.41. The summed E-state index contributed by atoms with van der Waals surface area (Å²) in [7, 11) is -1.15. The smallest absolute Gasteiger partial charge is 0.223 e. The number of likely N-dealkylation sites (tertiary alicyclic amines) is 1. The van der Waals surface area contributed by atoms with Crippen molar-refractivity contribution in [1.82, 2.24) is 10.2 Å². The Hall–Kier alpha value is -0.620. The molecule has 1 amide bonds. The number of nitrogens with one attached hydrogen (secondary N) is 1. The minimum Gasteiger partial charge on any atom is -0.343 e. The van der Waals surface area contributed by atoms with Gasteiger partial charge in [0.15, 0.2) is 9.84 Å². The molecule has 5 nitrogen and oxygen atoms in total. The molecule has 0 aromatic heterocycles. The Labute approximate surface area is 123 Å². The summed E-state index contributed by atoms with van der Waals surface area (Å²) in [4.78, 5) is 13.9. The van der Waals surface area contributed by atoms with E-state index in [1.54, 1.807) is 0 Å². The minimum absolute atomic E-state index is 0.0134. The van der Waals surface area contributed by atoms with Crippen molar-refractivity contribution >= 4 is 15.7 Å². The molecule has 0 aliphatic carbocycles. The molecule has 0 saturated carbocycles. The highest BCUT2D eigenvalue weighted by Gasteiger charge is 2.23. The second kappa shape index (κ2) is 7.98. The van der Waals surface area contributed by atoms with Gasteiger partial charge >= 0.3 is 0 Å². The molecule has 0 unspecified atom stereocenters.